The first-order valence-corrected chi connectivity index (χ1v) is 10.5. The number of ether oxygens (including phenoxy) is 1. The van der Waals surface area contributed by atoms with Crippen molar-refractivity contribution < 1.29 is 38.9 Å². The average Bonchev–Trinajstić information content (AvgIpc) is 2.74. The lowest BCUT2D eigenvalue weighted by Gasteiger charge is -2.23. The molecule has 11 heteroatoms. The summed E-state index contributed by atoms with van der Waals surface area (Å²) in [5.74, 6) is -3.98. The number of aliphatic carboxylic acids is 2. The molecule has 0 saturated carbocycles. The molecule has 0 heterocycles. The minimum absolute atomic E-state index is 0.0222. The Morgan fingerprint density at radius 1 is 0.879 bits per heavy atom. The molecule has 0 bridgehead atoms. The molecular weight excluding hydrogens is 434 g/mol. The summed E-state index contributed by atoms with van der Waals surface area (Å²) in [7, 11) is 0. The van der Waals surface area contributed by atoms with Crippen molar-refractivity contribution in [3.8, 4) is 0 Å². The van der Waals surface area contributed by atoms with E-state index < -0.39 is 54.4 Å². The van der Waals surface area contributed by atoms with Gasteiger partial charge in [-0.1, -0.05) is 44.2 Å². The number of carbonyl (C=O) groups excluding carboxylic acids is 3. The van der Waals surface area contributed by atoms with Crippen molar-refractivity contribution in [2.75, 3.05) is 0 Å². The zero-order valence-electron chi connectivity index (χ0n) is 18.9. The van der Waals surface area contributed by atoms with E-state index in [1.807, 2.05) is 19.9 Å². The lowest BCUT2D eigenvalue weighted by Crippen LogP contribution is -2.55. The van der Waals surface area contributed by atoms with Gasteiger partial charge in [-0.15, -0.1) is 0 Å². The van der Waals surface area contributed by atoms with Gasteiger partial charge < -0.3 is 30.9 Å². The van der Waals surface area contributed by atoms with E-state index in [2.05, 4.69) is 16.0 Å². The van der Waals surface area contributed by atoms with Crippen LogP contribution in [0.5, 0.6) is 0 Å². The van der Waals surface area contributed by atoms with Gasteiger partial charge in [-0.05, 0) is 31.2 Å². The summed E-state index contributed by atoms with van der Waals surface area (Å²) < 4.78 is 5.15. The van der Waals surface area contributed by atoms with Crippen LogP contribution in [-0.4, -0.2) is 58.2 Å². The first-order chi connectivity index (χ1) is 15.5. The SMILES string of the molecule is CC(C)C[C@@H](NC(=O)OCc1ccccc1)C(=O)N[C@@H](C)C(=O)N[C@@H](CCC(=O)O)C(=O)O. The highest BCUT2D eigenvalue weighted by Gasteiger charge is 2.28. The predicted octanol–water partition coefficient (Wildman–Crippen LogP) is 1.27. The van der Waals surface area contributed by atoms with E-state index in [-0.39, 0.29) is 25.4 Å². The highest BCUT2D eigenvalue weighted by atomic mass is 16.5. The molecule has 1 aromatic rings. The normalized spacial score (nSPS) is 13.3. The van der Waals surface area contributed by atoms with Crippen LogP contribution in [0.25, 0.3) is 0 Å². The summed E-state index contributed by atoms with van der Waals surface area (Å²) in [6, 6.07) is 5.48. The molecule has 0 unspecified atom stereocenters. The molecule has 0 saturated heterocycles. The average molecular weight is 466 g/mol. The van der Waals surface area contributed by atoms with Gasteiger partial charge in [0.1, 0.15) is 24.7 Å². The molecule has 0 fully saturated rings. The Kier molecular flexibility index (Phi) is 11.4. The maximum atomic E-state index is 12.7. The molecule has 0 spiro atoms. The lowest BCUT2D eigenvalue weighted by molar-refractivity contribution is -0.143. The van der Waals surface area contributed by atoms with Crippen LogP contribution in [-0.2, 0) is 30.5 Å². The van der Waals surface area contributed by atoms with Gasteiger partial charge in [-0.25, -0.2) is 9.59 Å². The van der Waals surface area contributed by atoms with E-state index in [1.165, 1.54) is 6.92 Å². The van der Waals surface area contributed by atoms with Crippen LogP contribution in [0.15, 0.2) is 30.3 Å². The summed E-state index contributed by atoms with van der Waals surface area (Å²) in [4.78, 5) is 59.1. The molecular formula is C22H31N3O8. The predicted molar refractivity (Wildman–Crippen MR) is 117 cm³/mol. The summed E-state index contributed by atoms with van der Waals surface area (Å²) in [6.07, 6.45) is -1.26. The van der Waals surface area contributed by atoms with Crippen LogP contribution in [0.3, 0.4) is 0 Å². The standard InChI is InChI=1S/C22H31N3O8/c1-13(2)11-17(25-22(32)33-12-15-7-5-4-6-8-15)20(29)23-14(3)19(28)24-16(21(30)31)9-10-18(26)27/h4-8,13-14,16-17H,9-12H2,1-3H3,(H,23,29)(H,24,28)(H,25,32)(H,26,27)(H,30,31)/t14-,16-,17+/m0/s1. The largest absolute Gasteiger partial charge is 0.481 e. The number of carbonyl (C=O) groups is 5. The molecule has 1 rings (SSSR count). The van der Waals surface area contributed by atoms with Crippen molar-refractivity contribution in [2.24, 2.45) is 5.92 Å². The van der Waals surface area contributed by atoms with E-state index in [9.17, 15) is 24.0 Å². The van der Waals surface area contributed by atoms with Gasteiger partial charge in [0.05, 0.1) is 0 Å². The van der Waals surface area contributed by atoms with E-state index in [0.29, 0.717) is 0 Å². The maximum absolute atomic E-state index is 12.7. The van der Waals surface area contributed by atoms with E-state index in [0.717, 1.165) is 5.56 Å². The monoisotopic (exact) mass is 465 g/mol. The highest BCUT2D eigenvalue weighted by Crippen LogP contribution is 2.07. The number of nitrogens with one attached hydrogen (secondary N) is 3. The van der Waals surface area contributed by atoms with Crippen molar-refractivity contribution in [2.45, 2.75) is 64.8 Å². The van der Waals surface area contributed by atoms with Crippen molar-refractivity contribution in [3.63, 3.8) is 0 Å². The highest BCUT2D eigenvalue weighted by molar-refractivity contribution is 5.92. The third-order valence-electron chi connectivity index (χ3n) is 4.54. The number of hydrogen-bond donors (Lipinski definition) is 5. The minimum atomic E-state index is -1.41. The topological polar surface area (TPSA) is 171 Å². The van der Waals surface area contributed by atoms with Crippen molar-refractivity contribution >= 4 is 29.8 Å². The fourth-order valence-electron chi connectivity index (χ4n) is 2.81. The fraction of sp³-hybridized carbons (Fsp3) is 0.500. The van der Waals surface area contributed by atoms with Crippen molar-refractivity contribution in [1.29, 1.82) is 0 Å². The summed E-state index contributed by atoms with van der Waals surface area (Å²) in [5, 5.41) is 25.0. The third kappa shape index (κ3) is 11.0. The summed E-state index contributed by atoms with van der Waals surface area (Å²) in [6.45, 7) is 5.08. The van der Waals surface area contributed by atoms with Crippen LogP contribution in [0, 0.1) is 5.92 Å². The van der Waals surface area contributed by atoms with Gasteiger partial charge in [0.15, 0.2) is 0 Å². The second-order valence-electron chi connectivity index (χ2n) is 7.95. The first-order valence-electron chi connectivity index (χ1n) is 10.5. The van der Waals surface area contributed by atoms with Gasteiger partial charge in [-0.3, -0.25) is 14.4 Å². The number of carboxylic acid groups (broad SMARTS) is 2. The van der Waals surface area contributed by atoms with Gasteiger partial charge >= 0.3 is 18.0 Å². The zero-order chi connectivity index (χ0) is 25.0. The number of hydrogen-bond acceptors (Lipinski definition) is 6. The van der Waals surface area contributed by atoms with E-state index in [1.54, 1.807) is 24.3 Å². The quantitative estimate of drug-likeness (QED) is 0.290. The first kappa shape index (κ1) is 27.4. The Labute approximate surface area is 191 Å². The smallest absolute Gasteiger partial charge is 0.408 e. The van der Waals surface area contributed by atoms with Crippen LogP contribution in [0.2, 0.25) is 0 Å². The number of benzene rings is 1. The van der Waals surface area contributed by atoms with Crippen LogP contribution in [0.1, 0.15) is 45.6 Å². The second-order valence-corrected chi connectivity index (χ2v) is 7.95. The molecule has 0 aliphatic carbocycles. The molecule has 1 aromatic carbocycles. The molecule has 5 N–H and O–H groups in total. The summed E-state index contributed by atoms with van der Waals surface area (Å²) >= 11 is 0. The third-order valence-corrected chi connectivity index (χ3v) is 4.54. The van der Waals surface area contributed by atoms with Crippen LogP contribution >= 0.6 is 0 Å². The Hall–Kier alpha value is -3.63. The van der Waals surface area contributed by atoms with Crippen LogP contribution < -0.4 is 16.0 Å². The second kappa shape index (κ2) is 13.7. The molecule has 0 aliphatic rings. The maximum Gasteiger partial charge on any atom is 0.408 e. The van der Waals surface area contributed by atoms with Gasteiger partial charge in [0.2, 0.25) is 11.8 Å². The molecule has 0 radical (unpaired) electrons. The Morgan fingerprint density at radius 3 is 2.06 bits per heavy atom. The number of rotatable bonds is 13. The van der Waals surface area contributed by atoms with Gasteiger partial charge in [-0.2, -0.15) is 0 Å². The molecule has 3 amide bonds. The minimum Gasteiger partial charge on any atom is -0.481 e. The number of carboxylic acids is 2. The molecule has 33 heavy (non-hydrogen) atoms. The number of alkyl carbamates (subject to hydrolysis) is 1. The zero-order valence-corrected chi connectivity index (χ0v) is 18.9. The molecule has 3 atom stereocenters. The van der Waals surface area contributed by atoms with Crippen molar-refractivity contribution in [1.82, 2.24) is 16.0 Å². The Bertz CT molecular complexity index is 828. The van der Waals surface area contributed by atoms with E-state index >= 15 is 0 Å². The number of amides is 3. The molecule has 11 nitrogen and oxygen atoms in total. The fourth-order valence-corrected chi connectivity index (χ4v) is 2.81. The Morgan fingerprint density at radius 2 is 1.52 bits per heavy atom. The molecule has 0 aliphatic heterocycles. The van der Waals surface area contributed by atoms with Crippen molar-refractivity contribution in [3.05, 3.63) is 35.9 Å². The molecule has 182 valence electrons. The lowest BCUT2D eigenvalue weighted by atomic mass is 10.0. The summed E-state index contributed by atoms with van der Waals surface area (Å²) in [5.41, 5.74) is 0.777. The van der Waals surface area contributed by atoms with Gasteiger partial charge in [0.25, 0.3) is 0 Å². The molecule has 0 aromatic heterocycles. The van der Waals surface area contributed by atoms with Gasteiger partial charge in [0, 0.05) is 6.42 Å². The van der Waals surface area contributed by atoms with Crippen LogP contribution in [0.4, 0.5) is 4.79 Å². The van der Waals surface area contributed by atoms with E-state index in [4.69, 9.17) is 14.9 Å². The Balaban J connectivity index is 2.67.